The van der Waals surface area contributed by atoms with Gasteiger partial charge in [0.15, 0.2) is 0 Å². The number of rotatable bonds is 1. The molecule has 0 aliphatic carbocycles. The van der Waals surface area contributed by atoms with Crippen LogP contribution in [0.3, 0.4) is 0 Å². The Morgan fingerprint density at radius 3 is 1.78 bits per heavy atom. The molecule has 0 unspecified atom stereocenters. The first kappa shape index (κ1) is 18.7. The molecule has 0 saturated carbocycles. The molecule has 4 aromatic heterocycles. The number of aromatic nitrogens is 4. The SMILES string of the molecule is [Ru].c1ccc(-c2ccccn2)nc1.c1cnc2c(c1)ccc1ncccc12. The molecule has 0 radical (unpaired) electrons. The zero-order chi connectivity index (χ0) is 17.6. The molecule has 0 atom stereocenters. The molecule has 0 aliphatic heterocycles. The fraction of sp³-hybridized carbons (Fsp3) is 0. The third-order valence-corrected chi connectivity index (χ3v) is 3.95. The van der Waals surface area contributed by atoms with Gasteiger partial charge in [-0.15, -0.1) is 0 Å². The molecule has 5 heteroatoms. The van der Waals surface area contributed by atoms with Gasteiger partial charge in [-0.2, -0.15) is 0 Å². The number of benzene rings is 1. The first-order valence-corrected chi connectivity index (χ1v) is 8.33. The topological polar surface area (TPSA) is 51.6 Å². The van der Waals surface area contributed by atoms with Crippen LogP contribution in [0.25, 0.3) is 33.2 Å². The molecule has 0 bridgehead atoms. The Hall–Kier alpha value is -3.04. The molecule has 5 aromatic rings. The fourth-order valence-electron chi connectivity index (χ4n) is 2.73. The van der Waals surface area contributed by atoms with E-state index < -0.39 is 0 Å². The van der Waals surface area contributed by atoms with Crippen molar-refractivity contribution < 1.29 is 19.5 Å². The van der Waals surface area contributed by atoms with Crippen molar-refractivity contribution >= 4 is 21.8 Å². The van der Waals surface area contributed by atoms with Gasteiger partial charge in [-0.25, -0.2) is 0 Å². The van der Waals surface area contributed by atoms with E-state index in [0.717, 1.165) is 33.2 Å². The van der Waals surface area contributed by atoms with Crippen LogP contribution in [0.5, 0.6) is 0 Å². The van der Waals surface area contributed by atoms with Gasteiger partial charge in [0, 0.05) is 55.0 Å². The summed E-state index contributed by atoms with van der Waals surface area (Å²) >= 11 is 0. The second kappa shape index (κ2) is 9.06. The molecule has 0 saturated heterocycles. The smallest absolute Gasteiger partial charge is 0.0886 e. The van der Waals surface area contributed by atoms with Crippen LogP contribution in [0.15, 0.2) is 97.6 Å². The van der Waals surface area contributed by atoms with E-state index in [9.17, 15) is 0 Å². The summed E-state index contributed by atoms with van der Waals surface area (Å²) in [5, 5.41) is 2.28. The van der Waals surface area contributed by atoms with Crippen LogP contribution in [0.1, 0.15) is 0 Å². The first-order chi connectivity index (χ1) is 12.9. The zero-order valence-corrected chi connectivity index (χ0v) is 16.1. The second-order valence-corrected chi connectivity index (χ2v) is 5.64. The number of pyridine rings is 4. The van der Waals surface area contributed by atoms with E-state index in [2.05, 4.69) is 38.1 Å². The van der Waals surface area contributed by atoms with Gasteiger partial charge in [0.05, 0.1) is 22.4 Å². The zero-order valence-electron chi connectivity index (χ0n) is 14.4. The van der Waals surface area contributed by atoms with E-state index in [4.69, 9.17) is 0 Å². The van der Waals surface area contributed by atoms with E-state index in [1.165, 1.54) is 0 Å². The van der Waals surface area contributed by atoms with Gasteiger partial charge < -0.3 is 0 Å². The van der Waals surface area contributed by atoms with Crippen LogP contribution < -0.4 is 0 Å². The minimum absolute atomic E-state index is 0. The van der Waals surface area contributed by atoms with Gasteiger partial charge in [0.2, 0.25) is 0 Å². The van der Waals surface area contributed by atoms with E-state index in [-0.39, 0.29) is 19.5 Å². The number of fused-ring (bicyclic) bond motifs is 3. The minimum Gasteiger partial charge on any atom is -0.256 e. The van der Waals surface area contributed by atoms with Crippen molar-refractivity contribution in [1.29, 1.82) is 0 Å². The maximum Gasteiger partial charge on any atom is 0.0886 e. The maximum atomic E-state index is 4.37. The Morgan fingerprint density at radius 1 is 0.481 bits per heavy atom. The van der Waals surface area contributed by atoms with Crippen molar-refractivity contribution in [3.05, 3.63) is 97.6 Å². The van der Waals surface area contributed by atoms with E-state index >= 15 is 0 Å². The quantitative estimate of drug-likeness (QED) is 0.276. The number of nitrogens with zero attached hydrogens (tertiary/aromatic N) is 4. The van der Waals surface area contributed by atoms with Crippen molar-refractivity contribution in [1.82, 2.24) is 19.9 Å². The molecule has 0 N–H and O–H groups in total. The monoisotopic (exact) mass is 438 g/mol. The van der Waals surface area contributed by atoms with Crippen LogP contribution >= 0.6 is 0 Å². The molecule has 0 fully saturated rings. The standard InChI is InChI=1S/C12H8N2.C10H8N2.Ru/c1-3-9-5-6-11-10(4-2-7-13-11)12(9)14-8-1;1-3-7-11-9(5-1)10-6-2-4-8-12-10;/h1-8H;1-8H;. The van der Waals surface area contributed by atoms with Gasteiger partial charge in [0.1, 0.15) is 0 Å². The average Bonchev–Trinajstić information content (AvgIpc) is 2.75. The fourth-order valence-corrected chi connectivity index (χ4v) is 2.73. The molecule has 4 nitrogen and oxygen atoms in total. The summed E-state index contributed by atoms with van der Waals surface area (Å²) < 4.78 is 0. The molecule has 0 spiro atoms. The summed E-state index contributed by atoms with van der Waals surface area (Å²) in [4.78, 5) is 17.0. The largest absolute Gasteiger partial charge is 0.256 e. The first-order valence-electron chi connectivity index (χ1n) is 8.33. The Kier molecular flexibility index (Phi) is 6.29. The molecule has 1 aromatic carbocycles. The van der Waals surface area contributed by atoms with E-state index in [0.29, 0.717) is 0 Å². The van der Waals surface area contributed by atoms with Crippen molar-refractivity contribution in [2.24, 2.45) is 0 Å². The molecule has 0 amide bonds. The van der Waals surface area contributed by atoms with Crippen molar-refractivity contribution in [3.8, 4) is 11.4 Å². The van der Waals surface area contributed by atoms with Gasteiger partial charge in [-0.3, -0.25) is 19.9 Å². The van der Waals surface area contributed by atoms with Gasteiger partial charge in [0.25, 0.3) is 0 Å². The third-order valence-electron chi connectivity index (χ3n) is 3.95. The van der Waals surface area contributed by atoms with E-state index in [1.807, 2.05) is 60.8 Å². The van der Waals surface area contributed by atoms with Gasteiger partial charge >= 0.3 is 0 Å². The predicted molar refractivity (Wildman–Crippen MR) is 105 cm³/mol. The molecular formula is C22H16N4Ru. The van der Waals surface area contributed by atoms with Crippen LogP contribution in [-0.2, 0) is 19.5 Å². The Bertz CT molecular complexity index is 1040. The second-order valence-electron chi connectivity index (χ2n) is 5.64. The molecule has 5 rings (SSSR count). The third kappa shape index (κ3) is 4.39. The minimum atomic E-state index is 0. The maximum absolute atomic E-state index is 4.37. The van der Waals surface area contributed by atoms with Crippen molar-refractivity contribution in [2.75, 3.05) is 0 Å². The van der Waals surface area contributed by atoms with Gasteiger partial charge in [-0.05, 0) is 48.5 Å². The number of hydrogen-bond donors (Lipinski definition) is 0. The summed E-state index contributed by atoms with van der Waals surface area (Å²) in [6.07, 6.45) is 7.15. The Balaban J connectivity index is 0.000000152. The van der Waals surface area contributed by atoms with Crippen LogP contribution in [0.4, 0.5) is 0 Å². The molecule has 4 heterocycles. The van der Waals surface area contributed by atoms with Crippen molar-refractivity contribution in [2.45, 2.75) is 0 Å². The summed E-state index contributed by atoms with van der Waals surface area (Å²) in [5.41, 5.74) is 3.85. The molecule has 0 aliphatic rings. The number of hydrogen-bond acceptors (Lipinski definition) is 4. The van der Waals surface area contributed by atoms with Crippen LogP contribution in [0.2, 0.25) is 0 Å². The predicted octanol–water partition coefficient (Wildman–Crippen LogP) is 4.92. The summed E-state index contributed by atoms with van der Waals surface area (Å²) in [7, 11) is 0. The average molecular weight is 437 g/mol. The molecule has 132 valence electrons. The Morgan fingerprint density at radius 2 is 1.11 bits per heavy atom. The molecular weight excluding hydrogens is 421 g/mol. The van der Waals surface area contributed by atoms with Crippen LogP contribution in [0, 0.1) is 0 Å². The van der Waals surface area contributed by atoms with E-state index in [1.54, 1.807) is 18.6 Å². The molecule has 27 heavy (non-hydrogen) atoms. The summed E-state index contributed by atoms with van der Waals surface area (Å²) in [5.74, 6) is 0. The Labute approximate surface area is 170 Å². The summed E-state index contributed by atoms with van der Waals surface area (Å²) in [6.45, 7) is 0. The normalized spacial score (nSPS) is 9.93. The summed E-state index contributed by atoms with van der Waals surface area (Å²) in [6, 6.07) is 23.7. The van der Waals surface area contributed by atoms with Crippen molar-refractivity contribution in [3.63, 3.8) is 0 Å². The van der Waals surface area contributed by atoms with Gasteiger partial charge in [-0.1, -0.05) is 24.3 Å². The van der Waals surface area contributed by atoms with Crippen LogP contribution in [-0.4, -0.2) is 19.9 Å².